The average molecular weight is 553 g/mol. The fraction of sp³-hybridized carbons (Fsp3) is 0.385. The predicted octanol–water partition coefficient (Wildman–Crippen LogP) is 2.46. The van der Waals surface area contributed by atoms with Crippen LogP contribution in [0.3, 0.4) is 0 Å². The fourth-order valence-electron chi connectivity index (χ4n) is 3.64. The number of hydrogen-bond donors (Lipinski definition) is 3. The second kappa shape index (κ2) is 14.3. The number of anilines is 1. The smallest absolute Gasteiger partial charge is 0.416 e. The molecule has 2 aromatic carbocycles. The molecule has 1 saturated heterocycles. The Bertz CT molecular complexity index is 1110. The number of carbonyl (C=O) groups excluding carboxylic acids is 2. The topological polar surface area (TPSA) is 130 Å². The molecule has 1 atom stereocenters. The van der Waals surface area contributed by atoms with Crippen LogP contribution < -0.4 is 5.32 Å². The van der Waals surface area contributed by atoms with Crippen molar-refractivity contribution in [1.29, 1.82) is 0 Å². The summed E-state index contributed by atoms with van der Waals surface area (Å²) in [5, 5.41) is 17.4. The Hall–Kier alpha value is -3.97. The molecule has 1 heterocycles. The van der Waals surface area contributed by atoms with Gasteiger partial charge in [-0.2, -0.15) is 13.2 Å². The summed E-state index contributed by atoms with van der Waals surface area (Å²) in [7, 11) is 1.68. The van der Waals surface area contributed by atoms with Crippen LogP contribution in [0.25, 0.3) is 0 Å². The van der Waals surface area contributed by atoms with Gasteiger partial charge in [0.1, 0.15) is 0 Å². The first-order valence-corrected chi connectivity index (χ1v) is 12.0. The van der Waals surface area contributed by atoms with Gasteiger partial charge in [0.25, 0.3) is 0 Å². The molecule has 1 aliphatic heterocycles. The molecule has 1 unspecified atom stereocenters. The van der Waals surface area contributed by atoms with Crippen LogP contribution in [0, 0.1) is 0 Å². The molecule has 0 spiro atoms. The molecule has 10 nitrogen and oxygen atoms in total. The van der Waals surface area contributed by atoms with Crippen LogP contribution in [-0.4, -0.2) is 94.5 Å². The van der Waals surface area contributed by atoms with Crippen LogP contribution in [0.5, 0.6) is 0 Å². The average Bonchev–Trinajstić information content (AvgIpc) is 2.89. The maximum Gasteiger partial charge on any atom is 0.416 e. The van der Waals surface area contributed by atoms with Crippen LogP contribution >= 0.6 is 0 Å². The first-order chi connectivity index (χ1) is 18.3. The van der Waals surface area contributed by atoms with Crippen molar-refractivity contribution in [1.82, 2.24) is 14.7 Å². The van der Waals surface area contributed by atoms with Gasteiger partial charge < -0.3 is 20.4 Å². The van der Waals surface area contributed by atoms with Crippen molar-refractivity contribution in [3.8, 4) is 0 Å². The summed E-state index contributed by atoms with van der Waals surface area (Å²) < 4.78 is 38.0. The molecule has 0 aromatic heterocycles. The number of carbonyl (C=O) groups is 4. The molecule has 13 heteroatoms. The SMILES string of the molecule is CC(C(=O)Nc1ccc(C(F)(F)F)cc1)N(C)CC(=O)N1CCN(Cc2ccccc2)CC1.O=C(O)C(=O)O. The third kappa shape index (κ3) is 10.4. The van der Waals surface area contributed by atoms with Gasteiger partial charge in [0.05, 0.1) is 18.2 Å². The van der Waals surface area contributed by atoms with Crippen molar-refractivity contribution in [3.05, 3.63) is 65.7 Å². The minimum absolute atomic E-state index is 0.0500. The maximum absolute atomic E-state index is 12.7. The monoisotopic (exact) mass is 552 g/mol. The molecular formula is C26H31F3N4O6. The Morgan fingerprint density at radius 1 is 0.923 bits per heavy atom. The lowest BCUT2D eigenvalue weighted by molar-refractivity contribution is -0.159. The molecule has 3 rings (SSSR count). The number of hydrogen-bond acceptors (Lipinski definition) is 6. The molecule has 2 aromatic rings. The van der Waals surface area contributed by atoms with E-state index >= 15 is 0 Å². The van der Waals surface area contributed by atoms with Gasteiger partial charge in [-0.3, -0.25) is 19.4 Å². The first-order valence-electron chi connectivity index (χ1n) is 12.0. The molecule has 0 saturated carbocycles. The summed E-state index contributed by atoms with van der Waals surface area (Å²) in [6.07, 6.45) is -4.43. The van der Waals surface area contributed by atoms with Crippen molar-refractivity contribution in [2.75, 3.05) is 45.1 Å². The van der Waals surface area contributed by atoms with Crippen LogP contribution in [0.15, 0.2) is 54.6 Å². The lowest BCUT2D eigenvalue weighted by atomic mass is 10.2. The zero-order valence-corrected chi connectivity index (χ0v) is 21.5. The number of halogens is 3. The van der Waals surface area contributed by atoms with E-state index < -0.39 is 35.6 Å². The number of benzene rings is 2. The minimum atomic E-state index is -4.43. The summed E-state index contributed by atoms with van der Waals surface area (Å²) in [5.41, 5.74) is 0.735. The minimum Gasteiger partial charge on any atom is -0.473 e. The van der Waals surface area contributed by atoms with E-state index in [9.17, 15) is 22.8 Å². The Morgan fingerprint density at radius 3 is 1.95 bits per heavy atom. The number of likely N-dealkylation sites (N-methyl/N-ethyl adjacent to an activating group) is 1. The summed E-state index contributed by atoms with van der Waals surface area (Å²) in [4.78, 5) is 49.2. The number of carboxylic acid groups (broad SMARTS) is 2. The third-order valence-corrected chi connectivity index (χ3v) is 6.06. The zero-order valence-electron chi connectivity index (χ0n) is 21.5. The van der Waals surface area contributed by atoms with Crippen LogP contribution in [0.4, 0.5) is 18.9 Å². The van der Waals surface area contributed by atoms with Crippen molar-refractivity contribution in [2.24, 2.45) is 0 Å². The molecule has 0 radical (unpaired) electrons. The van der Waals surface area contributed by atoms with E-state index in [0.717, 1.165) is 31.8 Å². The van der Waals surface area contributed by atoms with Crippen molar-refractivity contribution >= 4 is 29.4 Å². The number of nitrogens with zero attached hydrogens (tertiary/aromatic N) is 3. The van der Waals surface area contributed by atoms with Gasteiger partial charge in [-0.25, -0.2) is 9.59 Å². The summed E-state index contributed by atoms with van der Waals surface area (Å²) in [5.74, 6) is -4.09. The van der Waals surface area contributed by atoms with Crippen molar-refractivity contribution in [3.63, 3.8) is 0 Å². The number of aliphatic carboxylic acids is 2. The normalized spacial score (nSPS) is 14.7. The van der Waals surface area contributed by atoms with E-state index in [4.69, 9.17) is 19.8 Å². The molecule has 1 fully saturated rings. The van der Waals surface area contributed by atoms with Gasteiger partial charge in [0.2, 0.25) is 11.8 Å². The van der Waals surface area contributed by atoms with E-state index in [2.05, 4.69) is 22.3 Å². The van der Waals surface area contributed by atoms with Gasteiger partial charge in [0.15, 0.2) is 0 Å². The van der Waals surface area contributed by atoms with Crippen LogP contribution in [0.1, 0.15) is 18.1 Å². The number of nitrogens with one attached hydrogen (secondary N) is 1. The van der Waals surface area contributed by atoms with Gasteiger partial charge in [0, 0.05) is 38.4 Å². The number of rotatable bonds is 7. The third-order valence-electron chi connectivity index (χ3n) is 6.06. The fourth-order valence-corrected chi connectivity index (χ4v) is 3.64. The second-order valence-corrected chi connectivity index (χ2v) is 8.91. The standard InChI is InChI=1S/C24H29F3N4O2.C2H2O4/c1-18(23(33)28-21-10-8-20(9-11-21)24(25,26)27)29(2)17-22(32)31-14-12-30(13-15-31)16-19-6-4-3-5-7-19;3-1(4)2(5)6/h3-11,18H,12-17H2,1-2H3,(H,28,33);(H,3,4)(H,5,6). The molecule has 39 heavy (non-hydrogen) atoms. The molecular weight excluding hydrogens is 521 g/mol. The Balaban J connectivity index is 0.000000798. The Kier molecular flexibility index (Phi) is 11.4. The van der Waals surface area contributed by atoms with Crippen molar-refractivity contribution < 1.29 is 42.6 Å². The molecule has 1 aliphatic rings. The van der Waals surface area contributed by atoms with Crippen LogP contribution in [-0.2, 0) is 31.9 Å². The van der Waals surface area contributed by atoms with Gasteiger partial charge in [-0.05, 0) is 43.8 Å². The lowest BCUT2D eigenvalue weighted by Gasteiger charge is -2.36. The number of piperazine rings is 1. The Labute approximate surface area is 223 Å². The van der Waals surface area contributed by atoms with Gasteiger partial charge in [-0.1, -0.05) is 30.3 Å². The first kappa shape index (κ1) is 31.2. The highest BCUT2D eigenvalue weighted by atomic mass is 19.4. The van der Waals surface area contributed by atoms with E-state index in [1.54, 1.807) is 23.8 Å². The largest absolute Gasteiger partial charge is 0.473 e. The molecule has 2 amide bonds. The number of alkyl halides is 3. The highest BCUT2D eigenvalue weighted by Gasteiger charge is 2.30. The van der Waals surface area contributed by atoms with Crippen molar-refractivity contribution in [2.45, 2.75) is 25.7 Å². The van der Waals surface area contributed by atoms with E-state index in [1.165, 1.54) is 17.7 Å². The quantitative estimate of drug-likeness (QED) is 0.447. The van der Waals surface area contributed by atoms with E-state index in [1.807, 2.05) is 18.2 Å². The second-order valence-electron chi connectivity index (χ2n) is 8.91. The molecule has 0 bridgehead atoms. The van der Waals surface area contributed by atoms with E-state index in [-0.39, 0.29) is 18.1 Å². The highest BCUT2D eigenvalue weighted by Crippen LogP contribution is 2.29. The predicted molar refractivity (Wildman–Crippen MR) is 136 cm³/mol. The lowest BCUT2D eigenvalue weighted by Crippen LogP contribution is -2.52. The van der Waals surface area contributed by atoms with Crippen LogP contribution in [0.2, 0.25) is 0 Å². The summed E-state index contributed by atoms with van der Waals surface area (Å²) >= 11 is 0. The maximum atomic E-state index is 12.7. The molecule has 212 valence electrons. The number of amides is 2. The zero-order chi connectivity index (χ0) is 29.2. The van der Waals surface area contributed by atoms with Gasteiger partial charge >= 0.3 is 18.1 Å². The van der Waals surface area contributed by atoms with Gasteiger partial charge in [-0.15, -0.1) is 0 Å². The Morgan fingerprint density at radius 2 is 1.46 bits per heavy atom. The molecule has 0 aliphatic carbocycles. The summed E-state index contributed by atoms with van der Waals surface area (Å²) in [6, 6.07) is 13.8. The highest BCUT2D eigenvalue weighted by molar-refractivity contribution is 6.27. The molecule has 3 N–H and O–H groups in total. The van der Waals surface area contributed by atoms with E-state index in [0.29, 0.717) is 13.1 Å². The summed E-state index contributed by atoms with van der Waals surface area (Å²) in [6.45, 7) is 5.43. The number of carboxylic acids is 2.